The molecule has 1 aromatic heterocycles. The molecule has 2 aromatic rings. The molecular weight excluding hydrogens is 270 g/mol. The predicted octanol–water partition coefficient (Wildman–Crippen LogP) is 5.29. The Kier molecular flexibility index (Phi) is 6.85. The molecule has 118 valence electrons. The molecule has 1 aromatic carbocycles. The lowest BCUT2D eigenvalue weighted by molar-refractivity contribution is 0.468. The average Bonchev–Trinajstić information content (AvgIpc) is 2.92. The lowest BCUT2D eigenvalue weighted by Gasteiger charge is -2.11. The van der Waals surface area contributed by atoms with Crippen molar-refractivity contribution in [3.63, 3.8) is 0 Å². The smallest absolute Gasteiger partial charge is 0.0991 e. The summed E-state index contributed by atoms with van der Waals surface area (Å²) in [5.41, 5.74) is 5.38. The Morgan fingerprint density at radius 2 is 1.77 bits per heavy atom. The molecule has 3 nitrogen and oxygen atoms in total. The first-order chi connectivity index (χ1) is 10.6. The van der Waals surface area contributed by atoms with Gasteiger partial charge in [0.15, 0.2) is 0 Å². The fourth-order valence-electron chi connectivity index (χ4n) is 2.51. The SMILES string of the molecule is CC.CCc1c(-c2ccc(C#N)cc2)nn(C(C)CC)c1C. The second-order valence-electron chi connectivity index (χ2n) is 5.16. The molecule has 0 spiro atoms. The first-order valence-electron chi connectivity index (χ1n) is 8.20. The van der Waals surface area contributed by atoms with Gasteiger partial charge in [-0.2, -0.15) is 10.4 Å². The van der Waals surface area contributed by atoms with Crippen LogP contribution in [-0.2, 0) is 6.42 Å². The van der Waals surface area contributed by atoms with Gasteiger partial charge in [-0.3, -0.25) is 4.68 Å². The molecule has 1 unspecified atom stereocenters. The molecule has 1 heterocycles. The number of aromatic nitrogens is 2. The van der Waals surface area contributed by atoms with Gasteiger partial charge in [0.05, 0.1) is 17.3 Å². The Balaban J connectivity index is 0.00000116. The summed E-state index contributed by atoms with van der Waals surface area (Å²) in [5, 5.41) is 13.7. The van der Waals surface area contributed by atoms with Gasteiger partial charge in [-0.15, -0.1) is 0 Å². The molecule has 0 amide bonds. The molecule has 0 saturated carbocycles. The zero-order valence-corrected chi connectivity index (χ0v) is 14.6. The maximum Gasteiger partial charge on any atom is 0.0991 e. The van der Waals surface area contributed by atoms with E-state index < -0.39 is 0 Å². The Morgan fingerprint density at radius 3 is 2.23 bits per heavy atom. The van der Waals surface area contributed by atoms with Crippen molar-refractivity contribution in [1.29, 1.82) is 5.26 Å². The van der Waals surface area contributed by atoms with E-state index in [-0.39, 0.29) is 0 Å². The van der Waals surface area contributed by atoms with Gasteiger partial charge in [0, 0.05) is 22.9 Å². The second-order valence-corrected chi connectivity index (χ2v) is 5.16. The van der Waals surface area contributed by atoms with Crippen LogP contribution in [0.1, 0.15) is 63.9 Å². The van der Waals surface area contributed by atoms with E-state index in [9.17, 15) is 0 Å². The maximum absolute atomic E-state index is 8.88. The van der Waals surface area contributed by atoms with Crippen molar-refractivity contribution in [1.82, 2.24) is 9.78 Å². The van der Waals surface area contributed by atoms with Gasteiger partial charge in [-0.25, -0.2) is 0 Å². The lowest BCUT2D eigenvalue weighted by atomic mass is 10.0. The Morgan fingerprint density at radius 1 is 1.18 bits per heavy atom. The first kappa shape index (κ1) is 18.0. The van der Waals surface area contributed by atoms with Crippen LogP contribution >= 0.6 is 0 Å². The van der Waals surface area contributed by atoms with Crippen LogP contribution in [0.25, 0.3) is 11.3 Å². The van der Waals surface area contributed by atoms with E-state index in [0.29, 0.717) is 11.6 Å². The van der Waals surface area contributed by atoms with E-state index >= 15 is 0 Å². The topological polar surface area (TPSA) is 41.6 Å². The van der Waals surface area contributed by atoms with Gasteiger partial charge in [0.2, 0.25) is 0 Å². The summed E-state index contributed by atoms with van der Waals surface area (Å²) in [6.07, 6.45) is 2.04. The van der Waals surface area contributed by atoms with Crippen molar-refractivity contribution >= 4 is 0 Å². The van der Waals surface area contributed by atoms with Gasteiger partial charge in [0.1, 0.15) is 0 Å². The highest BCUT2D eigenvalue weighted by molar-refractivity contribution is 5.65. The Bertz CT molecular complexity index is 630. The van der Waals surface area contributed by atoms with E-state index in [2.05, 4.69) is 38.4 Å². The summed E-state index contributed by atoms with van der Waals surface area (Å²) in [6.45, 7) is 12.7. The van der Waals surface area contributed by atoms with Crippen LogP contribution in [0.2, 0.25) is 0 Å². The van der Waals surface area contributed by atoms with Crippen molar-refractivity contribution in [3.8, 4) is 17.3 Å². The van der Waals surface area contributed by atoms with Crippen LogP contribution < -0.4 is 0 Å². The Hall–Kier alpha value is -2.08. The quantitative estimate of drug-likeness (QED) is 0.769. The van der Waals surface area contributed by atoms with Crippen molar-refractivity contribution in [2.24, 2.45) is 0 Å². The molecule has 0 N–H and O–H groups in total. The normalized spacial score (nSPS) is 11.3. The summed E-state index contributed by atoms with van der Waals surface area (Å²) in [6, 6.07) is 10.2. The highest BCUT2D eigenvalue weighted by Gasteiger charge is 2.17. The molecule has 2 rings (SSSR count). The number of hydrogen-bond donors (Lipinski definition) is 0. The monoisotopic (exact) mass is 297 g/mol. The Labute approximate surface area is 134 Å². The van der Waals surface area contributed by atoms with E-state index in [1.165, 1.54) is 11.3 Å². The number of rotatable bonds is 4. The summed E-state index contributed by atoms with van der Waals surface area (Å²) >= 11 is 0. The number of nitrogens with zero attached hydrogens (tertiary/aromatic N) is 3. The van der Waals surface area contributed by atoms with Crippen LogP contribution in [-0.4, -0.2) is 9.78 Å². The third kappa shape index (κ3) is 3.57. The van der Waals surface area contributed by atoms with E-state index in [1.54, 1.807) is 0 Å². The fraction of sp³-hybridized carbons (Fsp3) is 0.474. The van der Waals surface area contributed by atoms with Gasteiger partial charge in [-0.05, 0) is 38.8 Å². The molecule has 22 heavy (non-hydrogen) atoms. The maximum atomic E-state index is 8.88. The largest absolute Gasteiger partial charge is 0.266 e. The third-order valence-electron chi connectivity index (χ3n) is 3.92. The molecule has 3 heteroatoms. The number of nitriles is 1. The van der Waals surface area contributed by atoms with Crippen LogP contribution in [0.15, 0.2) is 24.3 Å². The van der Waals surface area contributed by atoms with Crippen LogP contribution in [0.4, 0.5) is 0 Å². The summed E-state index contributed by atoms with van der Waals surface area (Å²) in [5.74, 6) is 0. The minimum Gasteiger partial charge on any atom is -0.266 e. The van der Waals surface area contributed by atoms with Crippen LogP contribution in [0.3, 0.4) is 0 Å². The highest BCUT2D eigenvalue weighted by Crippen LogP contribution is 2.28. The van der Waals surface area contributed by atoms with Gasteiger partial charge < -0.3 is 0 Å². The summed E-state index contributed by atoms with van der Waals surface area (Å²) in [7, 11) is 0. The molecule has 0 fully saturated rings. The van der Waals surface area contributed by atoms with Crippen LogP contribution in [0, 0.1) is 18.3 Å². The number of hydrogen-bond acceptors (Lipinski definition) is 2. The molecule has 0 aliphatic rings. The van der Waals surface area contributed by atoms with Gasteiger partial charge >= 0.3 is 0 Å². The van der Waals surface area contributed by atoms with Crippen molar-refractivity contribution < 1.29 is 0 Å². The molecular formula is C19H27N3. The highest BCUT2D eigenvalue weighted by atomic mass is 15.3. The van der Waals surface area contributed by atoms with Crippen molar-refractivity contribution in [3.05, 3.63) is 41.1 Å². The zero-order chi connectivity index (χ0) is 16.7. The van der Waals surface area contributed by atoms with E-state index in [1.807, 2.05) is 38.1 Å². The van der Waals surface area contributed by atoms with E-state index in [4.69, 9.17) is 10.4 Å². The minimum absolute atomic E-state index is 0.410. The summed E-state index contributed by atoms with van der Waals surface area (Å²) < 4.78 is 2.13. The molecule has 0 saturated heterocycles. The predicted molar refractivity (Wildman–Crippen MR) is 92.8 cm³/mol. The standard InChI is InChI=1S/C17H21N3.C2H6/c1-5-12(3)20-13(4)16(6-2)17(19-20)15-9-7-14(11-18)8-10-15;1-2/h7-10,12H,5-6H2,1-4H3;1-2H3. The second kappa shape index (κ2) is 8.38. The third-order valence-corrected chi connectivity index (χ3v) is 3.92. The van der Waals surface area contributed by atoms with Gasteiger partial charge in [0.25, 0.3) is 0 Å². The minimum atomic E-state index is 0.410. The number of benzene rings is 1. The first-order valence-corrected chi connectivity index (χ1v) is 8.20. The van der Waals surface area contributed by atoms with Crippen molar-refractivity contribution in [2.75, 3.05) is 0 Å². The zero-order valence-electron chi connectivity index (χ0n) is 14.6. The van der Waals surface area contributed by atoms with Crippen molar-refractivity contribution in [2.45, 2.75) is 60.4 Å². The lowest BCUT2D eigenvalue weighted by Crippen LogP contribution is -2.07. The molecule has 0 aliphatic carbocycles. The molecule has 0 bridgehead atoms. The molecule has 0 aliphatic heterocycles. The van der Waals surface area contributed by atoms with E-state index in [0.717, 1.165) is 24.1 Å². The summed E-state index contributed by atoms with van der Waals surface area (Å²) in [4.78, 5) is 0. The van der Waals surface area contributed by atoms with Gasteiger partial charge in [-0.1, -0.05) is 39.8 Å². The van der Waals surface area contributed by atoms with Crippen LogP contribution in [0.5, 0.6) is 0 Å². The molecule has 0 radical (unpaired) electrons. The molecule has 1 atom stereocenters. The average molecular weight is 297 g/mol. The fourth-order valence-corrected chi connectivity index (χ4v) is 2.51.